The molecule has 1 N–H and O–H groups in total. The first-order chi connectivity index (χ1) is 8.69. The Morgan fingerprint density at radius 1 is 1.28 bits per heavy atom. The van der Waals surface area contributed by atoms with Gasteiger partial charge in [-0.25, -0.2) is 0 Å². The van der Waals surface area contributed by atoms with Crippen molar-refractivity contribution in [1.82, 2.24) is 10.2 Å². The van der Waals surface area contributed by atoms with Crippen molar-refractivity contribution in [1.29, 1.82) is 0 Å². The Hall–Kier alpha value is -0.510. The summed E-state index contributed by atoms with van der Waals surface area (Å²) in [4.78, 5) is 2.45. The van der Waals surface area contributed by atoms with E-state index in [0.717, 1.165) is 13.0 Å². The maximum absolute atomic E-state index is 3.41. The lowest BCUT2D eigenvalue weighted by Gasteiger charge is -2.26. The van der Waals surface area contributed by atoms with Crippen LogP contribution in [-0.2, 0) is 0 Å². The minimum Gasteiger partial charge on any atom is -0.313 e. The van der Waals surface area contributed by atoms with Gasteiger partial charge in [0.15, 0.2) is 0 Å². The van der Waals surface area contributed by atoms with Gasteiger partial charge in [-0.05, 0) is 45.8 Å². The van der Waals surface area contributed by atoms with Crippen LogP contribution in [0.3, 0.4) is 0 Å². The Balaban J connectivity index is 2.45. The molecule has 0 aliphatic carbocycles. The third-order valence-corrected chi connectivity index (χ3v) is 4.30. The number of hydrogen-bond acceptors (Lipinski definition) is 3. The Labute approximate surface area is 116 Å². The molecular formula is C15H26N2S. The molecule has 18 heavy (non-hydrogen) atoms. The molecule has 3 heteroatoms. The molecule has 0 aromatic heterocycles. The largest absolute Gasteiger partial charge is 0.313 e. The monoisotopic (exact) mass is 266 g/mol. The zero-order chi connectivity index (χ0) is 13.4. The topological polar surface area (TPSA) is 15.3 Å². The highest BCUT2D eigenvalue weighted by molar-refractivity contribution is 7.98. The maximum atomic E-state index is 3.41. The first-order valence-electron chi connectivity index (χ1n) is 6.60. The van der Waals surface area contributed by atoms with E-state index in [0.29, 0.717) is 12.1 Å². The molecule has 0 bridgehead atoms. The highest BCUT2D eigenvalue weighted by Gasteiger charge is 2.12. The van der Waals surface area contributed by atoms with E-state index in [1.165, 1.54) is 11.3 Å². The first kappa shape index (κ1) is 15.5. The molecule has 1 aromatic rings. The molecule has 0 saturated carbocycles. The van der Waals surface area contributed by atoms with E-state index in [9.17, 15) is 0 Å². The van der Waals surface area contributed by atoms with E-state index in [1.807, 2.05) is 18.8 Å². The van der Waals surface area contributed by atoms with Crippen molar-refractivity contribution in [3.05, 3.63) is 35.9 Å². The van der Waals surface area contributed by atoms with Crippen molar-refractivity contribution in [2.24, 2.45) is 0 Å². The second-order valence-electron chi connectivity index (χ2n) is 4.83. The van der Waals surface area contributed by atoms with Crippen LogP contribution in [0.25, 0.3) is 0 Å². The van der Waals surface area contributed by atoms with Crippen molar-refractivity contribution in [3.63, 3.8) is 0 Å². The summed E-state index contributed by atoms with van der Waals surface area (Å²) in [5, 5.41) is 3.41. The lowest BCUT2D eigenvalue weighted by atomic mass is 10.0. The van der Waals surface area contributed by atoms with Gasteiger partial charge in [-0.15, -0.1) is 0 Å². The number of thioether (sulfide) groups is 1. The molecule has 1 aromatic carbocycles. The van der Waals surface area contributed by atoms with Gasteiger partial charge in [0, 0.05) is 17.8 Å². The fourth-order valence-electron chi connectivity index (χ4n) is 2.08. The molecule has 0 aliphatic rings. The van der Waals surface area contributed by atoms with Crippen LogP contribution >= 0.6 is 11.8 Å². The number of hydrogen-bond donors (Lipinski definition) is 1. The van der Waals surface area contributed by atoms with Crippen LogP contribution in [0.5, 0.6) is 0 Å². The summed E-state index contributed by atoms with van der Waals surface area (Å²) in [7, 11) is 4.27. The zero-order valence-corrected chi connectivity index (χ0v) is 12.8. The van der Waals surface area contributed by atoms with Crippen LogP contribution in [0, 0.1) is 0 Å². The second-order valence-corrected chi connectivity index (χ2v) is 5.74. The van der Waals surface area contributed by atoms with Crippen LogP contribution in [-0.4, -0.2) is 43.6 Å². The predicted molar refractivity (Wildman–Crippen MR) is 83.3 cm³/mol. The molecule has 1 rings (SSSR count). The zero-order valence-electron chi connectivity index (χ0n) is 12.0. The quantitative estimate of drug-likeness (QED) is 0.778. The number of nitrogens with zero attached hydrogens (tertiary/aromatic N) is 1. The van der Waals surface area contributed by atoms with Crippen LogP contribution in [0.4, 0.5) is 0 Å². The van der Waals surface area contributed by atoms with Gasteiger partial charge in [0.25, 0.3) is 0 Å². The highest BCUT2D eigenvalue weighted by Crippen LogP contribution is 2.17. The van der Waals surface area contributed by atoms with Crippen LogP contribution in [0.1, 0.15) is 24.9 Å². The smallest absolute Gasteiger partial charge is 0.0329 e. The maximum Gasteiger partial charge on any atom is 0.0329 e. The van der Waals surface area contributed by atoms with Gasteiger partial charge < -0.3 is 10.2 Å². The molecule has 2 nitrogen and oxygen atoms in total. The Morgan fingerprint density at radius 3 is 2.50 bits per heavy atom. The molecule has 0 spiro atoms. The van der Waals surface area contributed by atoms with Crippen LogP contribution in [0.2, 0.25) is 0 Å². The van der Waals surface area contributed by atoms with Crippen molar-refractivity contribution in [2.45, 2.75) is 25.4 Å². The normalized spacial score (nSPS) is 14.7. The van der Waals surface area contributed by atoms with Gasteiger partial charge in [0.05, 0.1) is 0 Å². The van der Waals surface area contributed by atoms with Crippen molar-refractivity contribution < 1.29 is 0 Å². The van der Waals surface area contributed by atoms with E-state index in [4.69, 9.17) is 0 Å². The lowest BCUT2D eigenvalue weighted by molar-refractivity contribution is 0.262. The Morgan fingerprint density at radius 2 is 1.94 bits per heavy atom. The van der Waals surface area contributed by atoms with Gasteiger partial charge in [0.2, 0.25) is 0 Å². The van der Waals surface area contributed by atoms with E-state index >= 15 is 0 Å². The standard InChI is InChI=1S/C15H26N2S/c1-13(12-18-4)17(3)11-10-15(16-2)14-8-6-5-7-9-14/h5-9,13,15-16H,10-12H2,1-4H3. The third kappa shape index (κ3) is 5.01. The Kier molecular flexibility index (Phi) is 7.40. The average Bonchev–Trinajstić information content (AvgIpc) is 2.40. The molecule has 0 fully saturated rings. The molecule has 2 atom stereocenters. The predicted octanol–water partition coefficient (Wildman–Crippen LogP) is 3.02. The molecule has 2 unspecified atom stereocenters. The molecule has 0 heterocycles. The minimum absolute atomic E-state index is 0.454. The summed E-state index contributed by atoms with van der Waals surface area (Å²) in [5.41, 5.74) is 1.38. The van der Waals surface area contributed by atoms with Gasteiger partial charge in [-0.1, -0.05) is 30.3 Å². The fraction of sp³-hybridized carbons (Fsp3) is 0.600. The summed E-state index contributed by atoms with van der Waals surface area (Å²) >= 11 is 1.92. The van der Waals surface area contributed by atoms with Gasteiger partial charge >= 0.3 is 0 Å². The van der Waals surface area contributed by atoms with Crippen molar-refractivity contribution in [3.8, 4) is 0 Å². The molecule has 0 amide bonds. The summed E-state index contributed by atoms with van der Waals surface area (Å²) in [6.45, 7) is 3.43. The average molecular weight is 266 g/mol. The van der Waals surface area contributed by atoms with Crippen LogP contribution in [0.15, 0.2) is 30.3 Å². The van der Waals surface area contributed by atoms with Crippen LogP contribution < -0.4 is 5.32 Å². The highest BCUT2D eigenvalue weighted by atomic mass is 32.2. The summed E-state index contributed by atoms with van der Waals surface area (Å²) in [5.74, 6) is 1.20. The van der Waals surface area contributed by atoms with E-state index in [2.05, 4.69) is 60.8 Å². The van der Waals surface area contributed by atoms with Gasteiger partial charge in [-0.3, -0.25) is 0 Å². The first-order valence-corrected chi connectivity index (χ1v) is 7.99. The van der Waals surface area contributed by atoms with Gasteiger partial charge in [-0.2, -0.15) is 11.8 Å². The number of nitrogens with one attached hydrogen (secondary N) is 1. The molecule has 102 valence electrons. The number of benzene rings is 1. The van der Waals surface area contributed by atoms with Crippen molar-refractivity contribution in [2.75, 3.05) is 32.6 Å². The minimum atomic E-state index is 0.454. The fourth-order valence-corrected chi connectivity index (χ4v) is 2.82. The van der Waals surface area contributed by atoms with Gasteiger partial charge in [0.1, 0.15) is 0 Å². The van der Waals surface area contributed by atoms with Crippen molar-refractivity contribution >= 4 is 11.8 Å². The molecule has 0 saturated heterocycles. The van der Waals surface area contributed by atoms with E-state index in [-0.39, 0.29) is 0 Å². The molecular weight excluding hydrogens is 240 g/mol. The SMILES string of the molecule is CNC(CCN(C)C(C)CSC)c1ccccc1. The summed E-state index contributed by atoms with van der Waals surface area (Å²) in [6.07, 6.45) is 3.32. The molecule has 0 aliphatic heterocycles. The summed E-state index contributed by atoms with van der Waals surface area (Å²) < 4.78 is 0. The van der Waals surface area contributed by atoms with E-state index in [1.54, 1.807) is 0 Å². The third-order valence-electron chi connectivity index (χ3n) is 3.48. The second kappa shape index (κ2) is 8.57. The summed E-state index contributed by atoms with van der Waals surface area (Å²) in [6, 6.07) is 11.8. The Bertz CT molecular complexity index is 316. The lowest BCUT2D eigenvalue weighted by Crippen LogP contribution is -2.33. The van der Waals surface area contributed by atoms with E-state index < -0.39 is 0 Å². The molecule has 0 radical (unpaired) electrons. The number of rotatable bonds is 8.